The van der Waals surface area contributed by atoms with Crippen LogP contribution in [0, 0.1) is 0 Å². The second-order valence-corrected chi connectivity index (χ2v) is 5.96. The van der Waals surface area contributed by atoms with Crippen molar-refractivity contribution in [1.82, 2.24) is 10.6 Å². The molecule has 0 radical (unpaired) electrons. The number of carbonyl (C=O) groups excluding carboxylic acids is 3. The molecule has 0 spiro atoms. The summed E-state index contributed by atoms with van der Waals surface area (Å²) in [5.74, 6) is 0.767. The van der Waals surface area contributed by atoms with E-state index in [1.54, 1.807) is 42.5 Å². The number of hydrogen-bond donors (Lipinski definition) is 4. The zero-order chi connectivity index (χ0) is 19.9. The quantitative estimate of drug-likeness (QED) is 0.568. The van der Waals surface area contributed by atoms with Gasteiger partial charge >= 0.3 is 6.03 Å². The van der Waals surface area contributed by atoms with Crippen molar-refractivity contribution in [2.45, 2.75) is 6.92 Å². The lowest BCUT2D eigenvalue weighted by Crippen LogP contribution is -2.36. The van der Waals surface area contributed by atoms with Gasteiger partial charge in [-0.2, -0.15) is 0 Å². The standard InChI is InChI=1S/C19H20N4O5/c1-12(24)22-14-4-2-13(3-5-14)18(25)20-8-9-21-19(26)23-15-6-7-16-17(10-15)28-11-27-16/h2-7,10H,8-9,11H2,1H3,(H,20,25)(H,22,24)(H2,21,23,26). The number of rotatable bonds is 6. The van der Waals surface area contributed by atoms with Crippen LogP contribution in [0.25, 0.3) is 0 Å². The maximum absolute atomic E-state index is 12.1. The average Bonchev–Trinajstić information content (AvgIpc) is 3.13. The van der Waals surface area contributed by atoms with Crippen molar-refractivity contribution in [3.63, 3.8) is 0 Å². The summed E-state index contributed by atoms with van der Waals surface area (Å²) in [6.07, 6.45) is 0. The van der Waals surface area contributed by atoms with Gasteiger partial charge in [0.05, 0.1) is 0 Å². The number of amides is 4. The van der Waals surface area contributed by atoms with Gasteiger partial charge in [0.2, 0.25) is 12.7 Å². The van der Waals surface area contributed by atoms with Crippen molar-refractivity contribution in [3.05, 3.63) is 48.0 Å². The summed E-state index contributed by atoms with van der Waals surface area (Å²) in [7, 11) is 0. The van der Waals surface area contributed by atoms with Gasteiger partial charge in [0.25, 0.3) is 5.91 Å². The molecular weight excluding hydrogens is 364 g/mol. The Bertz CT molecular complexity index is 882. The minimum Gasteiger partial charge on any atom is -0.454 e. The van der Waals surface area contributed by atoms with Crippen molar-refractivity contribution in [2.75, 3.05) is 30.5 Å². The number of anilines is 2. The minimum atomic E-state index is -0.396. The van der Waals surface area contributed by atoms with Crippen LogP contribution >= 0.6 is 0 Å². The maximum atomic E-state index is 12.1. The third kappa shape index (κ3) is 5.13. The summed E-state index contributed by atoms with van der Waals surface area (Å²) >= 11 is 0. The molecule has 0 bridgehead atoms. The SMILES string of the molecule is CC(=O)Nc1ccc(C(=O)NCCNC(=O)Nc2ccc3c(c2)OCO3)cc1. The molecule has 1 aliphatic heterocycles. The van der Waals surface area contributed by atoms with Crippen LogP contribution in [0.15, 0.2) is 42.5 Å². The molecule has 2 aromatic carbocycles. The fourth-order valence-corrected chi connectivity index (χ4v) is 2.51. The molecule has 4 amide bonds. The molecule has 1 aliphatic rings. The molecule has 1 heterocycles. The molecule has 28 heavy (non-hydrogen) atoms. The Kier molecular flexibility index (Phi) is 5.95. The summed E-state index contributed by atoms with van der Waals surface area (Å²) in [6.45, 7) is 2.10. The number of nitrogens with one attached hydrogen (secondary N) is 4. The molecule has 9 heteroatoms. The maximum Gasteiger partial charge on any atom is 0.319 e. The third-order valence-corrected chi connectivity index (χ3v) is 3.79. The van der Waals surface area contributed by atoms with E-state index in [0.717, 1.165) is 0 Å². The van der Waals surface area contributed by atoms with Gasteiger partial charge in [-0.1, -0.05) is 0 Å². The van der Waals surface area contributed by atoms with E-state index in [1.165, 1.54) is 6.92 Å². The lowest BCUT2D eigenvalue weighted by atomic mass is 10.2. The predicted octanol–water partition coefficient (Wildman–Crippen LogP) is 1.93. The van der Waals surface area contributed by atoms with E-state index in [4.69, 9.17) is 9.47 Å². The molecular formula is C19H20N4O5. The van der Waals surface area contributed by atoms with E-state index in [2.05, 4.69) is 21.3 Å². The summed E-state index contributed by atoms with van der Waals surface area (Å²) in [5, 5.41) is 10.7. The Balaban J connectivity index is 1.38. The zero-order valence-electron chi connectivity index (χ0n) is 15.2. The van der Waals surface area contributed by atoms with Crippen LogP contribution < -0.4 is 30.7 Å². The van der Waals surface area contributed by atoms with Crippen LogP contribution in [-0.2, 0) is 4.79 Å². The van der Waals surface area contributed by atoms with Crippen molar-refractivity contribution >= 4 is 29.2 Å². The molecule has 0 atom stereocenters. The topological polar surface area (TPSA) is 118 Å². The number of carbonyl (C=O) groups is 3. The van der Waals surface area contributed by atoms with Crippen LogP contribution in [0.1, 0.15) is 17.3 Å². The molecule has 0 saturated carbocycles. The molecule has 9 nitrogen and oxygen atoms in total. The van der Waals surface area contributed by atoms with Crippen LogP contribution in [-0.4, -0.2) is 37.7 Å². The van der Waals surface area contributed by atoms with Gasteiger partial charge in [-0.25, -0.2) is 4.79 Å². The predicted molar refractivity (Wildman–Crippen MR) is 103 cm³/mol. The summed E-state index contributed by atoms with van der Waals surface area (Å²) < 4.78 is 10.5. The van der Waals surface area contributed by atoms with Gasteiger partial charge in [-0.3, -0.25) is 9.59 Å². The van der Waals surface area contributed by atoms with Gasteiger partial charge < -0.3 is 30.7 Å². The highest BCUT2D eigenvalue weighted by Gasteiger charge is 2.14. The lowest BCUT2D eigenvalue weighted by molar-refractivity contribution is -0.114. The van der Waals surface area contributed by atoms with E-state index in [9.17, 15) is 14.4 Å². The Morgan fingerprint density at radius 2 is 1.54 bits per heavy atom. The molecule has 0 fully saturated rings. The van der Waals surface area contributed by atoms with Crippen LogP contribution in [0.5, 0.6) is 11.5 Å². The Hall–Kier alpha value is -3.75. The Morgan fingerprint density at radius 1 is 0.857 bits per heavy atom. The normalized spacial score (nSPS) is 11.5. The molecule has 0 unspecified atom stereocenters. The molecule has 0 saturated heterocycles. The molecule has 146 valence electrons. The fourth-order valence-electron chi connectivity index (χ4n) is 2.51. The first kappa shape index (κ1) is 19.0. The molecule has 4 N–H and O–H groups in total. The first-order chi connectivity index (χ1) is 13.5. The fraction of sp³-hybridized carbons (Fsp3) is 0.211. The van der Waals surface area contributed by atoms with Crippen LogP contribution in [0.4, 0.5) is 16.2 Å². The number of fused-ring (bicyclic) bond motifs is 1. The van der Waals surface area contributed by atoms with Crippen molar-refractivity contribution in [3.8, 4) is 11.5 Å². The van der Waals surface area contributed by atoms with Gasteiger partial charge in [-0.15, -0.1) is 0 Å². The largest absolute Gasteiger partial charge is 0.454 e. The van der Waals surface area contributed by atoms with Crippen molar-refractivity contribution in [1.29, 1.82) is 0 Å². The van der Waals surface area contributed by atoms with Crippen LogP contribution in [0.2, 0.25) is 0 Å². The van der Waals surface area contributed by atoms with Gasteiger partial charge in [-0.05, 0) is 36.4 Å². The smallest absolute Gasteiger partial charge is 0.319 e. The Labute approximate surface area is 161 Å². The molecule has 0 aromatic heterocycles. The van der Waals surface area contributed by atoms with Gasteiger partial charge in [0.1, 0.15) is 0 Å². The summed E-state index contributed by atoms with van der Waals surface area (Å²) in [6, 6.07) is 11.2. The van der Waals surface area contributed by atoms with Gasteiger partial charge in [0, 0.05) is 43.0 Å². The molecule has 2 aromatic rings. The molecule has 0 aliphatic carbocycles. The number of hydrogen-bond acceptors (Lipinski definition) is 5. The van der Waals surface area contributed by atoms with E-state index >= 15 is 0 Å². The molecule has 3 rings (SSSR count). The average molecular weight is 384 g/mol. The van der Waals surface area contributed by atoms with Crippen molar-refractivity contribution in [2.24, 2.45) is 0 Å². The number of benzene rings is 2. The van der Waals surface area contributed by atoms with E-state index < -0.39 is 6.03 Å². The highest BCUT2D eigenvalue weighted by Crippen LogP contribution is 2.34. The highest BCUT2D eigenvalue weighted by molar-refractivity contribution is 5.95. The minimum absolute atomic E-state index is 0.167. The monoisotopic (exact) mass is 384 g/mol. The second kappa shape index (κ2) is 8.76. The second-order valence-electron chi connectivity index (χ2n) is 5.96. The lowest BCUT2D eigenvalue weighted by Gasteiger charge is -2.09. The van der Waals surface area contributed by atoms with E-state index in [-0.39, 0.29) is 31.7 Å². The first-order valence-corrected chi connectivity index (χ1v) is 8.61. The third-order valence-electron chi connectivity index (χ3n) is 3.79. The van der Waals surface area contributed by atoms with Crippen LogP contribution in [0.3, 0.4) is 0 Å². The number of ether oxygens (including phenoxy) is 2. The van der Waals surface area contributed by atoms with E-state index in [0.29, 0.717) is 28.4 Å². The van der Waals surface area contributed by atoms with E-state index in [1.807, 2.05) is 0 Å². The summed E-state index contributed by atoms with van der Waals surface area (Å²) in [5.41, 5.74) is 1.65. The van der Waals surface area contributed by atoms with Crippen molar-refractivity contribution < 1.29 is 23.9 Å². The first-order valence-electron chi connectivity index (χ1n) is 8.61. The summed E-state index contributed by atoms with van der Waals surface area (Å²) in [4.78, 5) is 35.0. The van der Waals surface area contributed by atoms with Gasteiger partial charge in [0.15, 0.2) is 11.5 Å². The number of urea groups is 1. The Morgan fingerprint density at radius 3 is 2.29 bits per heavy atom. The zero-order valence-corrected chi connectivity index (χ0v) is 15.2. The highest BCUT2D eigenvalue weighted by atomic mass is 16.7.